The molecule has 0 aliphatic carbocycles. The summed E-state index contributed by atoms with van der Waals surface area (Å²) in [7, 11) is 0. The van der Waals surface area contributed by atoms with Crippen LogP contribution in [-0.4, -0.2) is 36.5 Å². The van der Waals surface area contributed by atoms with Crippen molar-refractivity contribution >= 4 is 11.6 Å². The molecule has 4 heteroatoms. The highest BCUT2D eigenvalue weighted by Gasteiger charge is 2.19. The number of rotatable bonds is 5. The molecule has 4 nitrogen and oxygen atoms in total. The molecular weight excluding hydrogens is 262 g/mol. The Morgan fingerprint density at radius 2 is 2.00 bits per heavy atom. The Hall–Kier alpha value is -1.55. The van der Waals surface area contributed by atoms with E-state index in [9.17, 15) is 4.79 Å². The van der Waals surface area contributed by atoms with Gasteiger partial charge in [-0.2, -0.15) is 0 Å². The van der Waals surface area contributed by atoms with Crippen molar-refractivity contribution in [3.05, 3.63) is 29.8 Å². The molecule has 0 aromatic heterocycles. The van der Waals surface area contributed by atoms with Crippen molar-refractivity contribution in [2.75, 3.05) is 25.4 Å². The van der Waals surface area contributed by atoms with E-state index in [1.807, 2.05) is 31.2 Å². The van der Waals surface area contributed by atoms with Crippen LogP contribution < -0.4 is 11.1 Å². The van der Waals surface area contributed by atoms with Gasteiger partial charge in [0.05, 0.1) is 5.92 Å². The zero-order chi connectivity index (χ0) is 15.2. The maximum absolute atomic E-state index is 12.3. The van der Waals surface area contributed by atoms with E-state index in [2.05, 4.69) is 17.1 Å². The minimum Gasteiger partial charge on any atom is -0.399 e. The van der Waals surface area contributed by atoms with E-state index in [1.165, 1.54) is 19.3 Å². The molecule has 3 N–H and O–H groups in total. The molecule has 1 heterocycles. The summed E-state index contributed by atoms with van der Waals surface area (Å²) in [4.78, 5) is 14.7. The first-order valence-electron chi connectivity index (χ1n) is 7.95. The SMILES string of the molecule is CC(C(=O)NCC(C)N1CCCCC1)c1cccc(N)c1. The molecule has 2 atom stereocenters. The van der Waals surface area contributed by atoms with Gasteiger partial charge in [-0.3, -0.25) is 9.69 Å². The smallest absolute Gasteiger partial charge is 0.227 e. The summed E-state index contributed by atoms with van der Waals surface area (Å²) in [5.74, 6) is -0.0912. The van der Waals surface area contributed by atoms with Gasteiger partial charge >= 0.3 is 0 Å². The number of hydrogen-bond donors (Lipinski definition) is 2. The van der Waals surface area contributed by atoms with Crippen LogP contribution in [0.4, 0.5) is 5.69 Å². The molecular formula is C17H27N3O. The Balaban J connectivity index is 1.83. The van der Waals surface area contributed by atoms with Crippen LogP contribution in [0.15, 0.2) is 24.3 Å². The molecule has 1 aromatic carbocycles. The highest BCUT2D eigenvalue weighted by molar-refractivity contribution is 5.83. The summed E-state index contributed by atoms with van der Waals surface area (Å²) in [6, 6.07) is 7.96. The number of nitrogens with two attached hydrogens (primary N) is 1. The monoisotopic (exact) mass is 289 g/mol. The number of nitrogen functional groups attached to an aromatic ring is 1. The summed E-state index contributed by atoms with van der Waals surface area (Å²) in [6.07, 6.45) is 3.89. The summed E-state index contributed by atoms with van der Waals surface area (Å²) in [6.45, 7) is 7.14. The van der Waals surface area contributed by atoms with Gasteiger partial charge in [0.1, 0.15) is 0 Å². The lowest BCUT2D eigenvalue weighted by molar-refractivity contribution is -0.122. The number of hydrogen-bond acceptors (Lipinski definition) is 3. The number of anilines is 1. The van der Waals surface area contributed by atoms with Crippen molar-refractivity contribution < 1.29 is 4.79 Å². The second kappa shape index (κ2) is 7.46. The van der Waals surface area contributed by atoms with Gasteiger partial charge in [0, 0.05) is 18.3 Å². The number of carbonyl (C=O) groups is 1. The maximum Gasteiger partial charge on any atom is 0.227 e. The van der Waals surface area contributed by atoms with E-state index in [4.69, 9.17) is 5.73 Å². The second-order valence-electron chi connectivity index (χ2n) is 6.08. The number of likely N-dealkylation sites (tertiary alicyclic amines) is 1. The molecule has 1 fully saturated rings. The maximum atomic E-state index is 12.3. The molecule has 0 bridgehead atoms. The normalized spacial score (nSPS) is 19.0. The molecule has 21 heavy (non-hydrogen) atoms. The van der Waals surface area contributed by atoms with E-state index >= 15 is 0 Å². The summed E-state index contributed by atoms with van der Waals surface area (Å²) >= 11 is 0. The summed E-state index contributed by atoms with van der Waals surface area (Å²) in [5, 5.41) is 3.08. The van der Waals surface area contributed by atoms with Crippen molar-refractivity contribution in [1.82, 2.24) is 10.2 Å². The standard InChI is InChI=1S/C17H27N3O/c1-13(20-9-4-3-5-10-20)12-19-17(21)14(2)15-7-6-8-16(18)11-15/h6-8,11,13-14H,3-5,9-10,12,18H2,1-2H3,(H,19,21). The third kappa shape index (κ3) is 4.46. The van der Waals surface area contributed by atoms with Crippen LogP contribution in [0.1, 0.15) is 44.6 Å². The lowest BCUT2D eigenvalue weighted by Gasteiger charge is -2.32. The summed E-state index contributed by atoms with van der Waals surface area (Å²) < 4.78 is 0. The van der Waals surface area contributed by atoms with E-state index in [1.54, 1.807) is 0 Å². The van der Waals surface area contributed by atoms with Crippen LogP contribution in [0, 0.1) is 0 Å². The van der Waals surface area contributed by atoms with Crippen molar-refractivity contribution in [2.45, 2.75) is 45.1 Å². The molecule has 116 valence electrons. The average molecular weight is 289 g/mol. The molecule has 2 unspecified atom stereocenters. The van der Waals surface area contributed by atoms with Crippen LogP contribution in [0.3, 0.4) is 0 Å². The average Bonchev–Trinajstić information content (AvgIpc) is 2.52. The first-order valence-corrected chi connectivity index (χ1v) is 7.95. The first-order chi connectivity index (χ1) is 10.1. The van der Waals surface area contributed by atoms with Gasteiger partial charge in [0.2, 0.25) is 5.91 Å². The fraction of sp³-hybridized carbons (Fsp3) is 0.588. The number of amides is 1. The zero-order valence-corrected chi connectivity index (χ0v) is 13.1. The van der Waals surface area contributed by atoms with Gasteiger partial charge in [-0.25, -0.2) is 0 Å². The Morgan fingerprint density at radius 3 is 2.67 bits per heavy atom. The fourth-order valence-corrected chi connectivity index (χ4v) is 2.87. The highest BCUT2D eigenvalue weighted by atomic mass is 16.1. The predicted octanol–water partition coefficient (Wildman–Crippen LogP) is 2.36. The quantitative estimate of drug-likeness (QED) is 0.818. The van der Waals surface area contributed by atoms with Crippen molar-refractivity contribution in [2.24, 2.45) is 0 Å². The molecule has 1 aliphatic rings. The van der Waals surface area contributed by atoms with Gasteiger partial charge in [-0.15, -0.1) is 0 Å². The minimum absolute atomic E-state index is 0.0736. The molecule has 1 amide bonds. The predicted molar refractivity (Wildman–Crippen MR) is 87.2 cm³/mol. The van der Waals surface area contributed by atoms with Gasteiger partial charge < -0.3 is 11.1 Å². The van der Waals surface area contributed by atoms with Crippen molar-refractivity contribution in [3.63, 3.8) is 0 Å². The van der Waals surface area contributed by atoms with Gasteiger partial charge in [0.25, 0.3) is 0 Å². The lowest BCUT2D eigenvalue weighted by Crippen LogP contribution is -2.45. The first kappa shape index (κ1) is 15.8. The van der Waals surface area contributed by atoms with E-state index in [-0.39, 0.29) is 11.8 Å². The lowest BCUT2D eigenvalue weighted by atomic mass is 9.99. The Morgan fingerprint density at radius 1 is 1.29 bits per heavy atom. The summed E-state index contributed by atoms with van der Waals surface area (Å²) in [5.41, 5.74) is 7.45. The number of piperidine rings is 1. The van der Waals surface area contributed by atoms with Gasteiger partial charge in [0.15, 0.2) is 0 Å². The minimum atomic E-state index is -0.165. The number of benzene rings is 1. The van der Waals surface area contributed by atoms with Crippen LogP contribution in [0.25, 0.3) is 0 Å². The fourth-order valence-electron chi connectivity index (χ4n) is 2.87. The van der Waals surface area contributed by atoms with Gasteiger partial charge in [-0.1, -0.05) is 18.6 Å². The second-order valence-corrected chi connectivity index (χ2v) is 6.08. The number of carbonyl (C=O) groups excluding carboxylic acids is 1. The largest absolute Gasteiger partial charge is 0.399 e. The zero-order valence-electron chi connectivity index (χ0n) is 13.1. The van der Waals surface area contributed by atoms with Crippen LogP contribution in [0.5, 0.6) is 0 Å². The molecule has 1 saturated heterocycles. The highest BCUT2D eigenvalue weighted by Crippen LogP contribution is 2.18. The Bertz CT molecular complexity index is 469. The molecule has 1 aromatic rings. The molecule has 0 saturated carbocycles. The molecule has 1 aliphatic heterocycles. The van der Waals surface area contributed by atoms with Crippen LogP contribution in [0.2, 0.25) is 0 Å². The van der Waals surface area contributed by atoms with Crippen LogP contribution >= 0.6 is 0 Å². The van der Waals surface area contributed by atoms with E-state index in [0.717, 1.165) is 18.7 Å². The topological polar surface area (TPSA) is 58.4 Å². The number of nitrogens with zero attached hydrogens (tertiary/aromatic N) is 1. The molecule has 2 rings (SSSR count). The molecule has 0 spiro atoms. The third-order valence-electron chi connectivity index (χ3n) is 4.39. The Labute approximate surface area is 127 Å². The van der Waals surface area contributed by atoms with Crippen molar-refractivity contribution in [1.29, 1.82) is 0 Å². The molecule has 0 radical (unpaired) electrons. The van der Waals surface area contributed by atoms with Crippen LogP contribution in [-0.2, 0) is 4.79 Å². The van der Waals surface area contributed by atoms with E-state index < -0.39 is 0 Å². The van der Waals surface area contributed by atoms with Gasteiger partial charge in [-0.05, 0) is 57.5 Å². The third-order valence-corrected chi connectivity index (χ3v) is 4.39. The van der Waals surface area contributed by atoms with Crippen molar-refractivity contribution in [3.8, 4) is 0 Å². The Kier molecular flexibility index (Phi) is 5.62. The van der Waals surface area contributed by atoms with E-state index in [0.29, 0.717) is 18.3 Å². The number of nitrogens with one attached hydrogen (secondary N) is 1.